The lowest BCUT2D eigenvalue weighted by Gasteiger charge is -2.23. The molecule has 0 radical (unpaired) electrons. The number of benzene rings is 1. The van der Waals surface area contributed by atoms with Crippen molar-refractivity contribution in [3.05, 3.63) is 23.8 Å². The highest BCUT2D eigenvalue weighted by Gasteiger charge is 2.22. The Morgan fingerprint density at radius 1 is 1.35 bits per heavy atom. The second kappa shape index (κ2) is 5.08. The molecule has 4 nitrogen and oxygen atoms in total. The standard InChI is InChI=1S/C13H17NO3/c1-17-14-10-4-2-3-9(7-10)12-6-5-11(15)8-13(12)16/h5-6,8-9,15-16H,2-4,7H2,1H3/b14-10-. The minimum atomic E-state index is 0.0906. The zero-order valence-corrected chi connectivity index (χ0v) is 9.89. The summed E-state index contributed by atoms with van der Waals surface area (Å²) in [6.07, 6.45) is 3.85. The fraction of sp³-hybridized carbons (Fsp3) is 0.462. The van der Waals surface area contributed by atoms with Gasteiger partial charge in [0.15, 0.2) is 0 Å². The van der Waals surface area contributed by atoms with E-state index < -0.39 is 0 Å². The van der Waals surface area contributed by atoms with Gasteiger partial charge in [0.2, 0.25) is 0 Å². The van der Waals surface area contributed by atoms with Crippen LogP contribution in [-0.4, -0.2) is 23.0 Å². The van der Waals surface area contributed by atoms with E-state index in [1.54, 1.807) is 19.2 Å². The molecule has 4 heteroatoms. The van der Waals surface area contributed by atoms with Crippen LogP contribution >= 0.6 is 0 Å². The van der Waals surface area contributed by atoms with Crippen LogP contribution in [0.4, 0.5) is 0 Å². The minimum absolute atomic E-state index is 0.0906. The smallest absolute Gasteiger partial charge is 0.122 e. The Balaban J connectivity index is 2.19. The van der Waals surface area contributed by atoms with Crippen molar-refractivity contribution in [1.82, 2.24) is 0 Å². The quantitative estimate of drug-likeness (QED) is 0.775. The van der Waals surface area contributed by atoms with E-state index >= 15 is 0 Å². The van der Waals surface area contributed by atoms with Crippen LogP contribution < -0.4 is 0 Å². The van der Waals surface area contributed by atoms with Crippen LogP contribution in [0.5, 0.6) is 11.5 Å². The first-order chi connectivity index (χ1) is 8.20. The molecule has 1 saturated carbocycles. The van der Waals surface area contributed by atoms with E-state index in [2.05, 4.69) is 5.16 Å². The molecule has 17 heavy (non-hydrogen) atoms. The molecule has 0 bridgehead atoms. The summed E-state index contributed by atoms with van der Waals surface area (Å²) in [5.41, 5.74) is 1.92. The summed E-state index contributed by atoms with van der Waals surface area (Å²) in [5, 5.41) is 23.1. The first kappa shape index (κ1) is 11.8. The topological polar surface area (TPSA) is 62.0 Å². The molecule has 1 atom stereocenters. The zero-order valence-electron chi connectivity index (χ0n) is 9.89. The highest BCUT2D eigenvalue weighted by molar-refractivity contribution is 5.85. The van der Waals surface area contributed by atoms with Gasteiger partial charge in [-0.1, -0.05) is 11.2 Å². The lowest BCUT2D eigenvalue weighted by atomic mass is 9.82. The number of phenolic OH excluding ortho intramolecular Hbond substituents is 2. The van der Waals surface area contributed by atoms with Crippen molar-refractivity contribution in [2.24, 2.45) is 5.16 Å². The first-order valence-electron chi connectivity index (χ1n) is 5.81. The van der Waals surface area contributed by atoms with E-state index in [0.717, 1.165) is 37.0 Å². The number of nitrogens with zero attached hydrogens (tertiary/aromatic N) is 1. The minimum Gasteiger partial charge on any atom is -0.508 e. The summed E-state index contributed by atoms with van der Waals surface area (Å²) < 4.78 is 0. The van der Waals surface area contributed by atoms with E-state index in [1.165, 1.54) is 6.07 Å². The Hall–Kier alpha value is -1.71. The molecule has 1 aliphatic carbocycles. The Morgan fingerprint density at radius 2 is 2.18 bits per heavy atom. The van der Waals surface area contributed by atoms with Crippen LogP contribution in [0.1, 0.15) is 37.2 Å². The van der Waals surface area contributed by atoms with E-state index in [1.807, 2.05) is 0 Å². The fourth-order valence-corrected chi connectivity index (χ4v) is 2.40. The van der Waals surface area contributed by atoms with Gasteiger partial charge in [0, 0.05) is 6.07 Å². The molecule has 0 spiro atoms. The Labute approximate surface area is 101 Å². The molecule has 1 aromatic rings. The maximum atomic E-state index is 9.83. The summed E-state index contributed by atoms with van der Waals surface area (Å²) in [4.78, 5) is 4.80. The number of hydrogen-bond donors (Lipinski definition) is 2. The maximum Gasteiger partial charge on any atom is 0.122 e. The Bertz CT molecular complexity index is 429. The van der Waals surface area contributed by atoms with E-state index in [0.29, 0.717) is 0 Å². The third kappa shape index (κ3) is 2.70. The molecule has 0 saturated heterocycles. The van der Waals surface area contributed by atoms with Crippen molar-refractivity contribution in [1.29, 1.82) is 0 Å². The number of rotatable bonds is 2. The van der Waals surface area contributed by atoms with Crippen molar-refractivity contribution in [2.75, 3.05) is 7.11 Å². The van der Waals surface area contributed by atoms with Gasteiger partial charge in [-0.3, -0.25) is 0 Å². The first-order valence-corrected chi connectivity index (χ1v) is 5.81. The van der Waals surface area contributed by atoms with Crippen LogP contribution in [0.2, 0.25) is 0 Å². The molecular weight excluding hydrogens is 218 g/mol. The Morgan fingerprint density at radius 3 is 2.88 bits per heavy atom. The highest BCUT2D eigenvalue weighted by Crippen LogP contribution is 2.37. The molecule has 1 fully saturated rings. The van der Waals surface area contributed by atoms with Gasteiger partial charge < -0.3 is 15.1 Å². The molecule has 1 aromatic carbocycles. The summed E-state index contributed by atoms with van der Waals surface area (Å²) in [7, 11) is 1.55. The summed E-state index contributed by atoms with van der Waals surface area (Å²) >= 11 is 0. The molecule has 1 aliphatic rings. The lowest BCUT2D eigenvalue weighted by Crippen LogP contribution is -2.14. The van der Waals surface area contributed by atoms with Crippen molar-refractivity contribution in [3.63, 3.8) is 0 Å². The molecule has 0 amide bonds. The fourth-order valence-electron chi connectivity index (χ4n) is 2.40. The number of phenols is 2. The van der Waals surface area contributed by atoms with Gasteiger partial charge in [0.05, 0.1) is 5.71 Å². The predicted molar refractivity (Wildman–Crippen MR) is 65.4 cm³/mol. The van der Waals surface area contributed by atoms with E-state index in [-0.39, 0.29) is 17.4 Å². The third-order valence-corrected chi connectivity index (χ3v) is 3.17. The predicted octanol–water partition coefficient (Wildman–Crippen LogP) is 2.76. The molecule has 0 heterocycles. The molecule has 0 aliphatic heterocycles. The van der Waals surface area contributed by atoms with Crippen LogP contribution in [-0.2, 0) is 4.84 Å². The molecule has 0 aromatic heterocycles. The summed E-state index contributed by atoms with van der Waals surface area (Å²) in [6, 6.07) is 4.78. The zero-order chi connectivity index (χ0) is 12.3. The van der Waals surface area contributed by atoms with Crippen molar-refractivity contribution >= 4 is 5.71 Å². The van der Waals surface area contributed by atoms with Gasteiger partial charge in [0.1, 0.15) is 18.6 Å². The lowest BCUT2D eigenvalue weighted by molar-refractivity contribution is 0.210. The third-order valence-electron chi connectivity index (χ3n) is 3.17. The highest BCUT2D eigenvalue weighted by atomic mass is 16.6. The molecule has 1 unspecified atom stereocenters. The van der Waals surface area contributed by atoms with Crippen LogP contribution in [0.3, 0.4) is 0 Å². The SMILES string of the molecule is CO/N=C1/CCCC(c2ccc(O)cc2O)C1. The Kier molecular flexibility index (Phi) is 3.52. The maximum absolute atomic E-state index is 9.83. The second-order valence-electron chi connectivity index (χ2n) is 4.38. The van der Waals surface area contributed by atoms with Gasteiger partial charge in [-0.2, -0.15) is 0 Å². The molecule has 92 valence electrons. The van der Waals surface area contributed by atoms with Crippen LogP contribution in [0.25, 0.3) is 0 Å². The van der Waals surface area contributed by atoms with Gasteiger partial charge in [-0.25, -0.2) is 0 Å². The normalized spacial score (nSPS) is 22.6. The molecular formula is C13H17NO3. The number of aromatic hydroxyl groups is 2. The largest absolute Gasteiger partial charge is 0.508 e. The van der Waals surface area contributed by atoms with Crippen molar-refractivity contribution < 1.29 is 15.1 Å². The second-order valence-corrected chi connectivity index (χ2v) is 4.38. The van der Waals surface area contributed by atoms with Gasteiger partial charge in [-0.05, 0) is 43.2 Å². The van der Waals surface area contributed by atoms with Gasteiger partial charge >= 0.3 is 0 Å². The summed E-state index contributed by atoms with van der Waals surface area (Å²) in [6.45, 7) is 0. The van der Waals surface area contributed by atoms with Crippen molar-refractivity contribution in [2.45, 2.75) is 31.6 Å². The van der Waals surface area contributed by atoms with Gasteiger partial charge in [-0.15, -0.1) is 0 Å². The average molecular weight is 235 g/mol. The molecule has 2 rings (SSSR count). The van der Waals surface area contributed by atoms with E-state index in [9.17, 15) is 10.2 Å². The average Bonchev–Trinajstić information content (AvgIpc) is 2.29. The number of hydrogen-bond acceptors (Lipinski definition) is 4. The van der Waals surface area contributed by atoms with E-state index in [4.69, 9.17) is 4.84 Å². The summed E-state index contributed by atoms with van der Waals surface area (Å²) in [5.74, 6) is 0.514. The monoisotopic (exact) mass is 235 g/mol. The van der Waals surface area contributed by atoms with Crippen LogP contribution in [0.15, 0.2) is 23.4 Å². The van der Waals surface area contributed by atoms with Crippen LogP contribution in [0, 0.1) is 0 Å². The molecule has 2 N–H and O–H groups in total. The van der Waals surface area contributed by atoms with Gasteiger partial charge in [0.25, 0.3) is 0 Å². The number of oxime groups is 1. The van der Waals surface area contributed by atoms with Crippen molar-refractivity contribution in [3.8, 4) is 11.5 Å².